The molecule has 1 fully saturated rings. The zero-order valence-corrected chi connectivity index (χ0v) is 14.0. The smallest absolute Gasteiger partial charge is 0.315 e. The summed E-state index contributed by atoms with van der Waals surface area (Å²) in [6.45, 7) is 4.31. The van der Waals surface area contributed by atoms with Crippen LogP contribution in [0.25, 0.3) is 0 Å². The first kappa shape index (κ1) is 15.7. The number of amides is 2. The van der Waals surface area contributed by atoms with Gasteiger partial charge in [-0.15, -0.1) is 11.3 Å². The molecule has 122 valence electrons. The molecule has 23 heavy (non-hydrogen) atoms. The van der Waals surface area contributed by atoms with Crippen LogP contribution in [0.15, 0.2) is 30.6 Å². The molecule has 2 aromatic heterocycles. The molecule has 0 radical (unpaired) electrons. The number of urea groups is 1. The van der Waals surface area contributed by atoms with Crippen molar-refractivity contribution in [3.05, 3.63) is 40.3 Å². The van der Waals surface area contributed by atoms with E-state index in [9.17, 15) is 4.79 Å². The number of nitrogens with zero attached hydrogens (tertiary/aromatic N) is 3. The molecule has 3 heterocycles. The Kier molecular flexibility index (Phi) is 5.07. The number of aromatic nitrogens is 2. The summed E-state index contributed by atoms with van der Waals surface area (Å²) in [6, 6.07) is 5.94. The molecular formula is C16H21N5OS. The fourth-order valence-electron chi connectivity index (χ4n) is 2.72. The predicted octanol–water partition coefficient (Wildman–Crippen LogP) is 2.31. The fraction of sp³-hybridized carbons (Fsp3) is 0.438. The van der Waals surface area contributed by atoms with Crippen LogP contribution in [-0.2, 0) is 6.54 Å². The van der Waals surface area contributed by atoms with E-state index in [0.717, 1.165) is 31.9 Å². The molecule has 0 spiro atoms. The zero-order valence-electron chi connectivity index (χ0n) is 13.2. The van der Waals surface area contributed by atoms with E-state index < -0.39 is 0 Å². The van der Waals surface area contributed by atoms with Gasteiger partial charge in [-0.2, -0.15) is 0 Å². The lowest BCUT2D eigenvalue weighted by molar-refractivity contribution is 0.234. The second-order valence-electron chi connectivity index (χ2n) is 5.67. The Labute approximate surface area is 140 Å². The molecule has 0 aliphatic carbocycles. The fourth-order valence-corrected chi connectivity index (χ4v) is 3.55. The Hall–Kier alpha value is -2.15. The van der Waals surface area contributed by atoms with Crippen molar-refractivity contribution in [2.45, 2.75) is 32.4 Å². The highest BCUT2D eigenvalue weighted by Gasteiger charge is 2.22. The van der Waals surface area contributed by atoms with Gasteiger partial charge < -0.3 is 15.5 Å². The molecule has 1 unspecified atom stereocenters. The van der Waals surface area contributed by atoms with E-state index in [1.807, 2.05) is 6.07 Å². The quantitative estimate of drug-likeness (QED) is 0.902. The maximum Gasteiger partial charge on any atom is 0.315 e. The summed E-state index contributed by atoms with van der Waals surface area (Å²) < 4.78 is 0. The summed E-state index contributed by atoms with van der Waals surface area (Å²) in [5.41, 5.74) is 0. The predicted molar refractivity (Wildman–Crippen MR) is 91.7 cm³/mol. The third kappa shape index (κ3) is 4.41. The summed E-state index contributed by atoms with van der Waals surface area (Å²) in [4.78, 5) is 25.2. The number of nitrogens with one attached hydrogen (secondary N) is 2. The summed E-state index contributed by atoms with van der Waals surface area (Å²) in [5.74, 6) is 0.730. The molecule has 0 saturated carbocycles. The minimum atomic E-state index is -0.114. The first-order valence-electron chi connectivity index (χ1n) is 7.82. The molecule has 2 aromatic rings. The first-order chi connectivity index (χ1) is 11.2. The molecule has 1 aliphatic rings. The van der Waals surface area contributed by atoms with Gasteiger partial charge in [-0.05, 0) is 38.0 Å². The highest BCUT2D eigenvalue weighted by atomic mass is 32.1. The van der Waals surface area contributed by atoms with Crippen molar-refractivity contribution in [1.29, 1.82) is 0 Å². The summed E-state index contributed by atoms with van der Waals surface area (Å²) in [5, 5.41) is 5.98. The number of rotatable bonds is 4. The Bertz CT molecular complexity index is 645. The van der Waals surface area contributed by atoms with Crippen LogP contribution in [-0.4, -0.2) is 35.1 Å². The van der Waals surface area contributed by atoms with Gasteiger partial charge in [-0.3, -0.25) is 0 Å². The second kappa shape index (κ2) is 7.41. The third-order valence-electron chi connectivity index (χ3n) is 3.81. The van der Waals surface area contributed by atoms with E-state index in [1.54, 1.807) is 23.7 Å². The zero-order chi connectivity index (χ0) is 16.1. The van der Waals surface area contributed by atoms with E-state index in [1.165, 1.54) is 9.75 Å². The van der Waals surface area contributed by atoms with Crippen molar-refractivity contribution >= 4 is 23.3 Å². The second-order valence-corrected chi connectivity index (χ2v) is 7.05. The molecule has 3 rings (SSSR count). The summed E-state index contributed by atoms with van der Waals surface area (Å²) in [7, 11) is 0. The Morgan fingerprint density at radius 3 is 2.96 bits per heavy atom. The van der Waals surface area contributed by atoms with Crippen LogP contribution in [0.3, 0.4) is 0 Å². The van der Waals surface area contributed by atoms with Crippen molar-refractivity contribution < 1.29 is 4.79 Å². The Balaban J connectivity index is 1.48. The van der Waals surface area contributed by atoms with Crippen molar-refractivity contribution in [1.82, 2.24) is 20.6 Å². The number of aryl methyl sites for hydroxylation is 1. The van der Waals surface area contributed by atoms with Crippen LogP contribution in [0.5, 0.6) is 0 Å². The van der Waals surface area contributed by atoms with Gasteiger partial charge in [-0.25, -0.2) is 14.8 Å². The average molecular weight is 331 g/mol. The van der Waals surface area contributed by atoms with Gasteiger partial charge in [0.2, 0.25) is 5.95 Å². The SMILES string of the molecule is Cc1ccc(CNC(=O)NC2CCCN(c3ncccn3)C2)s1. The normalized spacial score (nSPS) is 17.8. The Morgan fingerprint density at radius 2 is 2.22 bits per heavy atom. The maximum atomic E-state index is 12.1. The number of hydrogen-bond donors (Lipinski definition) is 2. The topological polar surface area (TPSA) is 70.2 Å². The maximum absolute atomic E-state index is 12.1. The molecule has 2 N–H and O–H groups in total. The van der Waals surface area contributed by atoms with Crippen LogP contribution in [0.2, 0.25) is 0 Å². The minimum Gasteiger partial charge on any atom is -0.339 e. The van der Waals surface area contributed by atoms with Crippen molar-refractivity contribution in [2.24, 2.45) is 0 Å². The van der Waals surface area contributed by atoms with Crippen molar-refractivity contribution in [3.63, 3.8) is 0 Å². The standard InChI is InChI=1S/C16H21N5OS/c1-12-5-6-14(23-12)10-19-16(22)20-13-4-2-9-21(11-13)15-17-7-3-8-18-15/h3,5-8,13H,2,4,9-11H2,1H3,(H2,19,20,22). The molecule has 0 bridgehead atoms. The minimum absolute atomic E-state index is 0.114. The van der Waals surface area contributed by atoms with Crippen LogP contribution in [0.4, 0.5) is 10.7 Å². The first-order valence-corrected chi connectivity index (χ1v) is 8.64. The number of carbonyl (C=O) groups is 1. The van der Waals surface area contributed by atoms with E-state index in [0.29, 0.717) is 6.54 Å². The van der Waals surface area contributed by atoms with Crippen molar-refractivity contribution in [2.75, 3.05) is 18.0 Å². The summed E-state index contributed by atoms with van der Waals surface area (Å²) >= 11 is 1.71. The van der Waals surface area contributed by atoms with Crippen molar-refractivity contribution in [3.8, 4) is 0 Å². The van der Waals surface area contributed by atoms with E-state index in [2.05, 4.69) is 44.6 Å². The van der Waals surface area contributed by atoms with Gasteiger partial charge >= 0.3 is 6.03 Å². The van der Waals surface area contributed by atoms with E-state index >= 15 is 0 Å². The lowest BCUT2D eigenvalue weighted by Gasteiger charge is -2.33. The number of thiophene rings is 1. The molecule has 0 aromatic carbocycles. The van der Waals surface area contributed by atoms with Crippen LogP contribution in [0, 0.1) is 6.92 Å². The van der Waals surface area contributed by atoms with Gasteiger partial charge in [0.1, 0.15) is 0 Å². The average Bonchev–Trinajstić information content (AvgIpc) is 3.00. The van der Waals surface area contributed by atoms with E-state index in [-0.39, 0.29) is 12.1 Å². The lowest BCUT2D eigenvalue weighted by Crippen LogP contribution is -2.50. The highest BCUT2D eigenvalue weighted by molar-refractivity contribution is 7.11. The van der Waals surface area contributed by atoms with E-state index in [4.69, 9.17) is 0 Å². The largest absolute Gasteiger partial charge is 0.339 e. The van der Waals surface area contributed by atoms with Gasteiger partial charge in [0.05, 0.1) is 6.54 Å². The molecule has 1 aliphatic heterocycles. The molecular weight excluding hydrogens is 310 g/mol. The monoisotopic (exact) mass is 331 g/mol. The lowest BCUT2D eigenvalue weighted by atomic mass is 10.1. The van der Waals surface area contributed by atoms with Gasteiger partial charge in [0, 0.05) is 41.3 Å². The molecule has 2 amide bonds. The van der Waals surface area contributed by atoms with Gasteiger partial charge in [0.25, 0.3) is 0 Å². The van der Waals surface area contributed by atoms with Crippen LogP contribution >= 0.6 is 11.3 Å². The number of hydrogen-bond acceptors (Lipinski definition) is 5. The molecule has 1 atom stereocenters. The Morgan fingerprint density at radius 1 is 1.39 bits per heavy atom. The van der Waals surface area contributed by atoms with Gasteiger partial charge in [0.15, 0.2) is 0 Å². The number of anilines is 1. The molecule has 1 saturated heterocycles. The summed E-state index contributed by atoms with van der Waals surface area (Å²) in [6.07, 6.45) is 5.49. The third-order valence-corrected chi connectivity index (χ3v) is 4.81. The highest BCUT2D eigenvalue weighted by Crippen LogP contribution is 2.16. The number of piperidine rings is 1. The molecule has 6 nitrogen and oxygen atoms in total. The molecule has 7 heteroatoms. The van der Waals surface area contributed by atoms with Crippen LogP contribution < -0.4 is 15.5 Å². The number of carbonyl (C=O) groups excluding carboxylic acids is 1. The van der Waals surface area contributed by atoms with Crippen LogP contribution in [0.1, 0.15) is 22.6 Å². The van der Waals surface area contributed by atoms with Gasteiger partial charge in [-0.1, -0.05) is 0 Å².